The predicted molar refractivity (Wildman–Crippen MR) is 80.7 cm³/mol. The molecular formula is C16H21ClFNO2. The summed E-state index contributed by atoms with van der Waals surface area (Å²) in [6, 6.07) is 4.51. The van der Waals surface area contributed by atoms with Crippen molar-refractivity contribution >= 4 is 17.6 Å². The Morgan fingerprint density at radius 2 is 2.19 bits per heavy atom. The van der Waals surface area contributed by atoms with Crippen molar-refractivity contribution in [2.75, 3.05) is 6.54 Å². The highest BCUT2D eigenvalue weighted by molar-refractivity contribution is 6.30. The highest BCUT2D eigenvalue weighted by atomic mass is 35.5. The third-order valence-electron chi connectivity index (χ3n) is 3.41. The summed E-state index contributed by atoms with van der Waals surface area (Å²) in [7, 11) is 0. The number of hydrogen-bond acceptors (Lipinski definition) is 3. The van der Waals surface area contributed by atoms with Gasteiger partial charge in [-0.05, 0) is 57.9 Å². The van der Waals surface area contributed by atoms with Crippen LogP contribution in [0.4, 0.5) is 4.39 Å². The summed E-state index contributed by atoms with van der Waals surface area (Å²) in [5, 5.41) is 0.115. The second-order valence-electron chi connectivity index (χ2n) is 6.41. The van der Waals surface area contributed by atoms with E-state index >= 15 is 0 Å². The van der Waals surface area contributed by atoms with Crippen LogP contribution < -0.4 is 0 Å². The van der Waals surface area contributed by atoms with Crippen LogP contribution in [0.25, 0.3) is 0 Å². The molecule has 1 saturated heterocycles. The normalized spacial score (nSPS) is 19.8. The molecule has 1 aromatic rings. The Morgan fingerprint density at radius 1 is 1.48 bits per heavy atom. The van der Waals surface area contributed by atoms with Crippen LogP contribution >= 0.6 is 11.6 Å². The first-order chi connectivity index (χ1) is 9.76. The fraction of sp³-hybridized carbons (Fsp3) is 0.562. The first-order valence-electron chi connectivity index (χ1n) is 7.17. The van der Waals surface area contributed by atoms with Crippen LogP contribution in [-0.2, 0) is 16.1 Å². The van der Waals surface area contributed by atoms with E-state index < -0.39 is 11.4 Å². The van der Waals surface area contributed by atoms with Crippen LogP contribution in [0.15, 0.2) is 18.2 Å². The molecule has 21 heavy (non-hydrogen) atoms. The number of halogens is 2. The molecule has 1 aromatic carbocycles. The average molecular weight is 314 g/mol. The van der Waals surface area contributed by atoms with E-state index in [9.17, 15) is 9.18 Å². The topological polar surface area (TPSA) is 29.5 Å². The standard InChI is InChI=1S/C16H21ClFNO2/c1-16(2,3)21-15(20)14-5-4-8-19(14)10-11-6-7-12(17)13(18)9-11/h6-7,9,14H,4-5,8,10H2,1-3H3/t14-/m0/s1. The van der Waals surface area contributed by atoms with E-state index in [2.05, 4.69) is 0 Å². The van der Waals surface area contributed by atoms with Gasteiger partial charge in [0.25, 0.3) is 0 Å². The molecule has 0 amide bonds. The van der Waals surface area contributed by atoms with Gasteiger partial charge in [0, 0.05) is 6.54 Å². The minimum atomic E-state index is -0.488. The molecule has 0 radical (unpaired) electrons. The van der Waals surface area contributed by atoms with Crippen molar-refractivity contribution in [3.05, 3.63) is 34.6 Å². The van der Waals surface area contributed by atoms with Crippen molar-refractivity contribution in [3.63, 3.8) is 0 Å². The fourth-order valence-corrected chi connectivity index (χ4v) is 2.64. The predicted octanol–water partition coefficient (Wildman–Crippen LogP) is 3.79. The largest absolute Gasteiger partial charge is 0.459 e. The molecule has 1 aliphatic rings. The maximum Gasteiger partial charge on any atom is 0.323 e. The molecule has 1 aliphatic heterocycles. The summed E-state index contributed by atoms with van der Waals surface area (Å²) < 4.78 is 18.9. The molecule has 0 N–H and O–H groups in total. The monoisotopic (exact) mass is 313 g/mol. The highest BCUT2D eigenvalue weighted by Gasteiger charge is 2.33. The van der Waals surface area contributed by atoms with E-state index in [0.29, 0.717) is 6.54 Å². The lowest BCUT2D eigenvalue weighted by Crippen LogP contribution is -2.40. The quantitative estimate of drug-likeness (QED) is 0.795. The van der Waals surface area contributed by atoms with Crippen molar-refractivity contribution in [2.24, 2.45) is 0 Å². The van der Waals surface area contributed by atoms with Crippen LogP contribution in [0.3, 0.4) is 0 Å². The third-order valence-corrected chi connectivity index (χ3v) is 3.72. The smallest absolute Gasteiger partial charge is 0.323 e. The Morgan fingerprint density at radius 3 is 2.81 bits per heavy atom. The maximum atomic E-state index is 13.5. The Labute approximate surface area is 130 Å². The van der Waals surface area contributed by atoms with E-state index in [1.807, 2.05) is 25.7 Å². The number of carbonyl (C=O) groups is 1. The number of ether oxygens (including phenoxy) is 1. The fourth-order valence-electron chi connectivity index (χ4n) is 2.52. The number of rotatable bonds is 3. The van der Waals surface area contributed by atoms with Gasteiger partial charge in [-0.1, -0.05) is 17.7 Å². The summed E-state index contributed by atoms with van der Waals surface area (Å²) in [5.41, 5.74) is 0.324. The van der Waals surface area contributed by atoms with Gasteiger partial charge < -0.3 is 4.74 Å². The zero-order valence-corrected chi connectivity index (χ0v) is 13.4. The number of carbonyl (C=O) groups excluding carboxylic acids is 1. The Bertz CT molecular complexity index is 527. The molecule has 1 atom stereocenters. The summed E-state index contributed by atoms with van der Waals surface area (Å²) in [4.78, 5) is 14.3. The van der Waals surface area contributed by atoms with Gasteiger partial charge in [0.15, 0.2) is 0 Å². The summed E-state index contributed by atoms with van der Waals surface area (Å²) in [6.45, 7) is 6.92. The minimum absolute atomic E-state index is 0.115. The summed E-state index contributed by atoms with van der Waals surface area (Å²) in [5.74, 6) is -0.628. The number of benzene rings is 1. The van der Waals surface area contributed by atoms with Crippen LogP contribution in [-0.4, -0.2) is 29.1 Å². The second-order valence-corrected chi connectivity index (χ2v) is 6.82. The first kappa shape index (κ1) is 16.2. The van der Waals surface area contributed by atoms with Gasteiger partial charge in [-0.2, -0.15) is 0 Å². The van der Waals surface area contributed by atoms with Gasteiger partial charge in [0.2, 0.25) is 0 Å². The van der Waals surface area contributed by atoms with Crippen molar-refractivity contribution in [2.45, 2.75) is 51.8 Å². The second kappa shape index (κ2) is 6.32. The molecule has 0 saturated carbocycles. The van der Waals surface area contributed by atoms with Gasteiger partial charge in [0.05, 0.1) is 5.02 Å². The number of likely N-dealkylation sites (tertiary alicyclic amines) is 1. The van der Waals surface area contributed by atoms with E-state index in [1.165, 1.54) is 6.07 Å². The van der Waals surface area contributed by atoms with Gasteiger partial charge in [-0.25, -0.2) is 4.39 Å². The van der Waals surface area contributed by atoms with Crippen LogP contribution in [0.5, 0.6) is 0 Å². The number of nitrogens with zero attached hydrogens (tertiary/aromatic N) is 1. The van der Waals surface area contributed by atoms with Crippen LogP contribution in [0, 0.1) is 5.82 Å². The molecule has 3 nitrogen and oxygen atoms in total. The lowest BCUT2D eigenvalue weighted by Gasteiger charge is -2.27. The van der Waals surface area contributed by atoms with E-state index in [1.54, 1.807) is 12.1 Å². The lowest BCUT2D eigenvalue weighted by molar-refractivity contribution is -0.160. The zero-order chi connectivity index (χ0) is 15.6. The molecule has 0 unspecified atom stereocenters. The Balaban J connectivity index is 2.05. The van der Waals surface area contributed by atoms with Crippen molar-refractivity contribution in [3.8, 4) is 0 Å². The van der Waals surface area contributed by atoms with Crippen LogP contribution in [0.2, 0.25) is 5.02 Å². The Hall–Kier alpha value is -1.13. The molecule has 2 rings (SSSR count). The summed E-state index contributed by atoms with van der Waals surface area (Å²) in [6.07, 6.45) is 1.73. The van der Waals surface area contributed by atoms with Gasteiger partial charge in [-0.15, -0.1) is 0 Å². The lowest BCUT2D eigenvalue weighted by atomic mass is 10.1. The molecule has 0 aromatic heterocycles. The molecular weight excluding hydrogens is 293 g/mol. The van der Waals surface area contributed by atoms with E-state index in [0.717, 1.165) is 24.9 Å². The SMILES string of the molecule is CC(C)(C)OC(=O)[C@@H]1CCCN1Cc1ccc(Cl)c(F)c1. The average Bonchev–Trinajstić information content (AvgIpc) is 2.80. The Kier molecular flexibility index (Phi) is 4.89. The minimum Gasteiger partial charge on any atom is -0.459 e. The van der Waals surface area contributed by atoms with Gasteiger partial charge >= 0.3 is 5.97 Å². The molecule has 0 aliphatic carbocycles. The van der Waals surface area contributed by atoms with E-state index in [-0.39, 0.29) is 17.0 Å². The molecule has 0 spiro atoms. The highest BCUT2D eigenvalue weighted by Crippen LogP contribution is 2.24. The number of hydrogen-bond donors (Lipinski definition) is 0. The molecule has 1 heterocycles. The third kappa shape index (κ3) is 4.42. The van der Waals surface area contributed by atoms with Crippen molar-refractivity contribution < 1.29 is 13.9 Å². The summed E-state index contributed by atoms with van der Waals surface area (Å²) >= 11 is 5.69. The number of esters is 1. The van der Waals surface area contributed by atoms with Crippen LogP contribution in [0.1, 0.15) is 39.2 Å². The van der Waals surface area contributed by atoms with Crippen molar-refractivity contribution in [1.82, 2.24) is 4.90 Å². The van der Waals surface area contributed by atoms with Gasteiger partial charge in [-0.3, -0.25) is 9.69 Å². The maximum absolute atomic E-state index is 13.5. The van der Waals surface area contributed by atoms with Crippen molar-refractivity contribution in [1.29, 1.82) is 0 Å². The zero-order valence-electron chi connectivity index (χ0n) is 12.7. The molecule has 5 heteroatoms. The molecule has 116 valence electrons. The van der Waals surface area contributed by atoms with E-state index in [4.69, 9.17) is 16.3 Å². The molecule has 1 fully saturated rings. The molecule has 0 bridgehead atoms. The van der Waals surface area contributed by atoms with Gasteiger partial charge in [0.1, 0.15) is 17.5 Å². The first-order valence-corrected chi connectivity index (χ1v) is 7.55.